The summed E-state index contributed by atoms with van der Waals surface area (Å²) in [6, 6.07) is 20.3. The standard InChI is InChI=1S/C29H31BrN6O/c1-2-6-24(21-11-13-31-14-12-21)28-25-9-3-4-10-26(25)29(34-33-28)36-17-15-35(16-18-36)20-27(37)32-23-8-5-7-22(30)19-23/h3-5,7-14,19,24H,2,6,15-18,20H2,1H3,(H,32,37). The molecule has 3 heterocycles. The van der Waals surface area contributed by atoms with Gasteiger partial charge in [-0.15, -0.1) is 5.10 Å². The molecule has 2 aromatic heterocycles. The number of nitrogens with one attached hydrogen (secondary N) is 1. The van der Waals surface area contributed by atoms with Crippen LogP contribution in [0.2, 0.25) is 0 Å². The van der Waals surface area contributed by atoms with E-state index in [4.69, 9.17) is 10.2 Å². The Hall–Kier alpha value is -3.36. The Bertz CT molecular complexity index is 1360. The molecule has 1 saturated heterocycles. The number of pyridine rings is 1. The van der Waals surface area contributed by atoms with Crippen molar-refractivity contribution in [1.29, 1.82) is 0 Å². The number of hydrogen-bond acceptors (Lipinski definition) is 6. The van der Waals surface area contributed by atoms with Gasteiger partial charge < -0.3 is 10.2 Å². The number of carbonyl (C=O) groups is 1. The molecule has 37 heavy (non-hydrogen) atoms. The van der Waals surface area contributed by atoms with Crippen LogP contribution in [0, 0.1) is 0 Å². The highest BCUT2D eigenvalue weighted by molar-refractivity contribution is 9.10. The fourth-order valence-corrected chi connectivity index (χ4v) is 5.43. The Kier molecular flexibility index (Phi) is 8.06. The van der Waals surface area contributed by atoms with Crippen molar-refractivity contribution < 1.29 is 4.79 Å². The van der Waals surface area contributed by atoms with Crippen molar-refractivity contribution in [3.05, 3.63) is 88.8 Å². The van der Waals surface area contributed by atoms with Gasteiger partial charge in [-0.3, -0.25) is 14.7 Å². The quantitative estimate of drug-likeness (QED) is 0.308. The molecule has 0 aliphatic carbocycles. The van der Waals surface area contributed by atoms with Crippen LogP contribution < -0.4 is 10.2 Å². The molecule has 0 radical (unpaired) electrons. The number of hydrogen-bond donors (Lipinski definition) is 1. The second kappa shape index (κ2) is 11.8. The maximum absolute atomic E-state index is 12.6. The van der Waals surface area contributed by atoms with Crippen molar-refractivity contribution in [2.75, 3.05) is 42.9 Å². The van der Waals surface area contributed by atoms with Gasteiger partial charge in [-0.1, -0.05) is 59.6 Å². The van der Waals surface area contributed by atoms with Crippen molar-refractivity contribution in [1.82, 2.24) is 20.1 Å². The summed E-state index contributed by atoms with van der Waals surface area (Å²) in [5.41, 5.74) is 3.04. The molecule has 1 amide bonds. The molecule has 1 atom stereocenters. The minimum absolute atomic E-state index is 0.000720. The highest BCUT2D eigenvalue weighted by atomic mass is 79.9. The Balaban J connectivity index is 1.30. The zero-order valence-electron chi connectivity index (χ0n) is 21.0. The maximum Gasteiger partial charge on any atom is 0.238 e. The zero-order chi connectivity index (χ0) is 25.6. The molecule has 0 bridgehead atoms. The molecule has 0 saturated carbocycles. The lowest BCUT2D eigenvalue weighted by atomic mass is 9.89. The van der Waals surface area contributed by atoms with Crippen LogP contribution in [-0.2, 0) is 4.79 Å². The Morgan fingerprint density at radius 1 is 0.973 bits per heavy atom. The average molecular weight is 560 g/mol. The van der Waals surface area contributed by atoms with E-state index in [2.05, 4.69) is 79.4 Å². The summed E-state index contributed by atoms with van der Waals surface area (Å²) in [5.74, 6) is 1.10. The number of anilines is 2. The van der Waals surface area contributed by atoms with Gasteiger partial charge in [0.05, 0.1) is 12.2 Å². The van der Waals surface area contributed by atoms with Crippen LogP contribution in [-0.4, -0.2) is 58.7 Å². The van der Waals surface area contributed by atoms with Gasteiger partial charge in [-0.2, -0.15) is 5.10 Å². The molecule has 1 unspecified atom stereocenters. The van der Waals surface area contributed by atoms with Crippen LogP contribution in [0.5, 0.6) is 0 Å². The fourth-order valence-electron chi connectivity index (χ4n) is 5.03. The SMILES string of the molecule is CCCC(c1ccncc1)c1nnc(N2CCN(CC(=O)Nc3cccc(Br)c3)CC2)c2ccccc12. The molecular formula is C29H31BrN6O. The van der Waals surface area contributed by atoms with Gasteiger partial charge in [0.15, 0.2) is 5.82 Å². The monoisotopic (exact) mass is 558 g/mol. The molecule has 190 valence electrons. The number of amides is 1. The number of rotatable bonds is 8. The summed E-state index contributed by atoms with van der Waals surface area (Å²) in [4.78, 5) is 21.3. The van der Waals surface area contributed by atoms with Crippen LogP contribution in [0.3, 0.4) is 0 Å². The minimum Gasteiger partial charge on any atom is -0.352 e. The predicted octanol–water partition coefficient (Wildman–Crippen LogP) is 5.48. The minimum atomic E-state index is -0.000720. The van der Waals surface area contributed by atoms with E-state index < -0.39 is 0 Å². The van der Waals surface area contributed by atoms with Crippen LogP contribution in [0.15, 0.2) is 77.5 Å². The van der Waals surface area contributed by atoms with Gasteiger partial charge in [0.25, 0.3) is 0 Å². The summed E-state index contributed by atoms with van der Waals surface area (Å²) in [6.45, 7) is 5.75. The number of aromatic nitrogens is 3. The summed E-state index contributed by atoms with van der Waals surface area (Å²) >= 11 is 3.45. The van der Waals surface area contributed by atoms with E-state index in [1.807, 2.05) is 36.7 Å². The molecule has 5 rings (SSSR count). The number of nitrogens with zero attached hydrogens (tertiary/aromatic N) is 5. The Labute approximate surface area is 226 Å². The van der Waals surface area contributed by atoms with Crippen LogP contribution in [0.1, 0.15) is 36.9 Å². The van der Waals surface area contributed by atoms with Gasteiger partial charge in [0.2, 0.25) is 5.91 Å². The summed E-state index contributed by atoms with van der Waals surface area (Å²) in [7, 11) is 0. The first-order chi connectivity index (χ1) is 18.1. The molecule has 1 aliphatic rings. The third-order valence-corrected chi connectivity index (χ3v) is 7.35. The zero-order valence-corrected chi connectivity index (χ0v) is 22.6. The molecule has 8 heteroatoms. The van der Waals surface area contributed by atoms with Gasteiger partial charge in [0, 0.05) is 65.4 Å². The van der Waals surface area contributed by atoms with E-state index in [-0.39, 0.29) is 11.8 Å². The van der Waals surface area contributed by atoms with E-state index in [0.29, 0.717) is 6.54 Å². The van der Waals surface area contributed by atoms with E-state index >= 15 is 0 Å². The maximum atomic E-state index is 12.6. The molecular weight excluding hydrogens is 528 g/mol. The highest BCUT2D eigenvalue weighted by Gasteiger charge is 2.24. The van der Waals surface area contributed by atoms with E-state index in [0.717, 1.165) is 71.5 Å². The Morgan fingerprint density at radius 2 is 1.73 bits per heavy atom. The number of halogens is 1. The van der Waals surface area contributed by atoms with Gasteiger partial charge in [-0.05, 0) is 42.3 Å². The van der Waals surface area contributed by atoms with Crippen molar-refractivity contribution >= 4 is 44.1 Å². The molecule has 1 N–H and O–H groups in total. The smallest absolute Gasteiger partial charge is 0.238 e. The second-order valence-corrected chi connectivity index (χ2v) is 10.3. The summed E-state index contributed by atoms with van der Waals surface area (Å²) in [5, 5.41) is 14.8. The van der Waals surface area contributed by atoms with Gasteiger partial charge in [-0.25, -0.2) is 0 Å². The number of fused-ring (bicyclic) bond motifs is 1. The lowest BCUT2D eigenvalue weighted by Gasteiger charge is -2.35. The molecule has 1 fully saturated rings. The summed E-state index contributed by atoms with van der Waals surface area (Å²) in [6.07, 6.45) is 5.76. The molecule has 2 aromatic carbocycles. The highest BCUT2D eigenvalue weighted by Crippen LogP contribution is 2.35. The lowest BCUT2D eigenvalue weighted by molar-refractivity contribution is -0.117. The van der Waals surface area contributed by atoms with Gasteiger partial charge in [0.1, 0.15) is 0 Å². The predicted molar refractivity (Wildman–Crippen MR) is 152 cm³/mol. The van der Waals surface area contributed by atoms with E-state index in [1.54, 1.807) is 0 Å². The Morgan fingerprint density at radius 3 is 2.46 bits per heavy atom. The number of carbonyl (C=O) groups excluding carboxylic acids is 1. The normalized spacial score (nSPS) is 15.0. The van der Waals surface area contributed by atoms with Crippen molar-refractivity contribution in [3.63, 3.8) is 0 Å². The topological polar surface area (TPSA) is 74.2 Å². The number of piperazine rings is 1. The van der Waals surface area contributed by atoms with E-state index in [1.165, 1.54) is 5.56 Å². The largest absolute Gasteiger partial charge is 0.352 e. The first-order valence-corrected chi connectivity index (χ1v) is 13.6. The summed E-state index contributed by atoms with van der Waals surface area (Å²) < 4.78 is 0.945. The van der Waals surface area contributed by atoms with Gasteiger partial charge >= 0.3 is 0 Å². The van der Waals surface area contributed by atoms with Crippen LogP contribution in [0.4, 0.5) is 11.5 Å². The molecule has 4 aromatic rings. The third-order valence-electron chi connectivity index (χ3n) is 6.86. The van der Waals surface area contributed by atoms with Crippen LogP contribution in [0.25, 0.3) is 10.8 Å². The van der Waals surface area contributed by atoms with Crippen molar-refractivity contribution in [2.24, 2.45) is 0 Å². The van der Waals surface area contributed by atoms with E-state index in [9.17, 15) is 4.79 Å². The average Bonchev–Trinajstić information content (AvgIpc) is 2.92. The lowest BCUT2D eigenvalue weighted by Crippen LogP contribution is -2.49. The van der Waals surface area contributed by atoms with Crippen LogP contribution >= 0.6 is 15.9 Å². The molecule has 7 nitrogen and oxygen atoms in total. The van der Waals surface area contributed by atoms with Crippen molar-refractivity contribution in [3.8, 4) is 0 Å². The second-order valence-electron chi connectivity index (χ2n) is 9.40. The first kappa shape index (κ1) is 25.3. The first-order valence-electron chi connectivity index (χ1n) is 12.8. The van der Waals surface area contributed by atoms with Crippen molar-refractivity contribution in [2.45, 2.75) is 25.7 Å². The molecule has 0 spiro atoms. The number of benzene rings is 2. The fraction of sp³-hybridized carbons (Fsp3) is 0.310. The third kappa shape index (κ3) is 5.97. The molecule has 1 aliphatic heterocycles.